The van der Waals surface area contributed by atoms with Gasteiger partial charge in [-0.25, -0.2) is 4.99 Å². The van der Waals surface area contributed by atoms with Gasteiger partial charge in [0.2, 0.25) is 0 Å². The highest BCUT2D eigenvalue weighted by Gasteiger charge is 2.16. The number of carbonyl (C=O) groups is 1. The van der Waals surface area contributed by atoms with Crippen LogP contribution in [0.3, 0.4) is 0 Å². The number of nitrogens with one attached hydrogen (secondary N) is 2. The van der Waals surface area contributed by atoms with Crippen molar-refractivity contribution in [2.24, 2.45) is 16.6 Å². The Morgan fingerprint density at radius 3 is 2.60 bits per heavy atom. The lowest BCUT2D eigenvalue weighted by Crippen LogP contribution is -2.37. The van der Waals surface area contributed by atoms with Crippen molar-refractivity contribution in [2.45, 2.75) is 25.8 Å². The van der Waals surface area contributed by atoms with E-state index in [4.69, 9.17) is 10.2 Å². The smallest absolute Gasteiger partial charge is 0.291 e. The Balaban J connectivity index is 0.00000225. The second-order valence-corrected chi connectivity index (χ2v) is 6.01. The number of anilines is 1. The van der Waals surface area contributed by atoms with E-state index in [9.17, 15) is 4.79 Å². The molecule has 1 aliphatic carbocycles. The molecule has 0 radical (unpaired) electrons. The van der Waals surface area contributed by atoms with Crippen LogP contribution in [0.2, 0.25) is 0 Å². The van der Waals surface area contributed by atoms with Gasteiger partial charge < -0.3 is 20.8 Å². The minimum absolute atomic E-state index is 0. The summed E-state index contributed by atoms with van der Waals surface area (Å²) < 4.78 is 5.06. The van der Waals surface area contributed by atoms with Crippen molar-refractivity contribution in [1.29, 1.82) is 0 Å². The van der Waals surface area contributed by atoms with E-state index in [1.54, 1.807) is 12.1 Å². The summed E-state index contributed by atoms with van der Waals surface area (Å²) in [6, 6.07) is 10.8. The molecule has 1 amide bonds. The molecule has 1 aromatic carbocycles. The summed E-state index contributed by atoms with van der Waals surface area (Å²) in [5.41, 5.74) is 7.61. The van der Waals surface area contributed by atoms with Crippen LogP contribution in [0.15, 0.2) is 52.1 Å². The molecule has 0 unspecified atom stereocenters. The van der Waals surface area contributed by atoms with Gasteiger partial charge in [0, 0.05) is 12.2 Å². The van der Waals surface area contributed by atoms with E-state index in [0.29, 0.717) is 18.2 Å². The number of amides is 1. The van der Waals surface area contributed by atoms with Gasteiger partial charge in [0.15, 0.2) is 11.7 Å². The van der Waals surface area contributed by atoms with Crippen LogP contribution >= 0.6 is 24.0 Å². The summed E-state index contributed by atoms with van der Waals surface area (Å²) in [6.07, 6.45) is 5.36. The zero-order valence-electron chi connectivity index (χ0n) is 13.9. The largest absolute Gasteiger partial charge is 0.459 e. The minimum Gasteiger partial charge on any atom is -0.459 e. The monoisotopic (exact) mass is 454 g/mol. The first-order valence-corrected chi connectivity index (χ1v) is 8.18. The predicted octanol–water partition coefficient (Wildman–Crippen LogP) is 3.35. The average Bonchev–Trinajstić information content (AvgIpc) is 3.07. The zero-order chi connectivity index (χ0) is 16.8. The topological polar surface area (TPSA) is 92.6 Å². The maximum absolute atomic E-state index is 11.9. The Labute approximate surface area is 164 Å². The lowest BCUT2D eigenvalue weighted by molar-refractivity contribution is 0.0996. The molecule has 1 fully saturated rings. The maximum atomic E-state index is 11.9. The molecule has 0 spiro atoms. The van der Waals surface area contributed by atoms with Crippen molar-refractivity contribution < 1.29 is 9.21 Å². The lowest BCUT2D eigenvalue weighted by atomic mass is 9.85. The van der Waals surface area contributed by atoms with Gasteiger partial charge in [0.25, 0.3) is 5.91 Å². The quantitative estimate of drug-likeness (QED) is 0.355. The fourth-order valence-corrected chi connectivity index (χ4v) is 2.47. The van der Waals surface area contributed by atoms with Gasteiger partial charge in [0.1, 0.15) is 0 Å². The van der Waals surface area contributed by atoms with Crippen LogP contribution in [-0.2, 0) is 6.54 Å². The zero-order valence-corrected chi connectivity index (χ0v) is 16.2. The highest BCUT2D eigenvalue weighted by atomic mass is 127. The van der Waals surface area contributed by atoms with Crippen LogP contribution in [-0.4, -0.2) is 18.4 Å². The Hall–Kier alpha value is -2.03. The molecule has 7 heteroatoms. The van der Waals surface area contributed by atoms with Crippen molar-refractivity contribution in [3.8, 4) is 0 Å². The van der Waals surface area contributed by atoms with Gasteiger partial charge in [-0.2, -0.15) is 0 Å². The first-order chi connectivity index (χ1) is 11.7. The average molecular weight is 454 g/mol. The Morgan fingerprint density at radius 2 is 2.00 bits per heavy atom. The Bertz CT molecular complexity index is 694. The summed E-state index contributed by atoms with van der Waals surface area (Å²) in [4.78, 5) is 16.2. The molecule has 1 saturated carbocycles. The van der Waals surface area contributed by atoms with Gasteiger partial charge >= 0.3 is 0 Å². The molecular weight excluding hydrogens is 431 g/mol. The number of aliphatic imine (C=N–C) groups is 1. The van der Waals surface area contributed by atoms with Gasteiger partial charge in [0.05, 0.1) is 12.8 Å². The molecule has 3 rings (SSSR count). The molecule has 134 valence electrons. The van der Waals surface area contributed by atoms with Crippen molar-refractivity contribution in [2.75, 3.05) is 11.9 Å². The number of rotatable bonds is 6. The summed E-state index contributed by atoms with van der Waals surface area (Å²) in [5, 5.41) is 5.94. The van der Waals surface area contributed by atoms with E-state index in [1.807, 2.05) is 24.3 Å². The molecule has 0 aliphatic heterocycles. The van der Waals surface area contributed by atoms with E-state index >= 15 is 0 Å². The second kappa shape index (κ2) is 9.45. The summed E-state index contributed by atoms with van der Waals surface area (Å²) in [7, 11) is 0. The van der Waals surface area contributed by atoms with E-state index in [0.717, 1.165) is 18.0 Å². The second-order valence-electron chi connectivity index (χ2n) is 6.01. The normalized spacial score (nSPS) is 14.3. The van der Waals surface area contributed by atoms with E-state index in [-0.39, 0.29) is 35.6 Å². The van der Waals surface area contributed by atoms with Crippen molar-refractivity contribution in [3.05, 3.63) is 54.0 Å². The molecule has 0 bridgehead atoms. The molecule has 4 N–H and O–H groups in total. The highest BCUT2D eigenvalue weighted by Crippen LogP contribution is 2.25. The van der Waals surface area contributed by atoms with E-state index in [2.05, 4.69) is 15.6 Å². The first kappa shape index (κ1) is 19.3. The van der Waals surface area contributed by atoms with Crippen LogP contribution in [0.25, 0.3) is 0 Å². The molecule has 1 heterocycles. The lowest BCUT2D eigenvalue weighted by Gasteiger charge is -2.25. The van der Waals surface area contributed by atoms with Gasteiger partial charge in [-0.3, -0.25) is 4.79 Å². The van der Waals surface area contributed by atoms with Crippen LogP contribution in [0.4, 0.5) is 5.69 Å². The molecule has 6 nitrogen and oxygen atoms in total. The van der Waals surface area contributed by atoms with Gasteiger partial charge in [-0.1, -0.05) is 18.6 Å². The number of halogens is 1. The summed E-state index contributed by atoms with van der Waals surface area (Å²) in [5.74, 6) is 1.25. The number of nitrogens with two attached hydrogens (primary N) is 1. The molecule has 1 aliphatic rings. The number of nitrogens with zero attached hydrogens (tertiary/aromatic N) is 1. The SMILES string of the molecule is I.NC(=NCc1ccc(NC(=O)c2ccco2)cc1)NCC1CCC1. The van der Waals surface area contributed by atoms with Crippen LogP contribution in [0.1, 0.15) is 35.4 Å². The standard InChI is InChI=1S/C18H22N4O2.HI/c19-18(20-11-13-3-1-4-13)21-12-14-6-8-15(9-7-14)22-17(23)16-5-2-10-24-16;/h2,5-10,13H,1,3-4,11-12H2,(H,22,23)(H3,19,20,21);1H. The molecule has 0 atom stereocenters. The van der Waals surface area contributed by atoms with E-state index < -0.39 is 0 Å². The number of benzene rings is 1. The van der Waals surface area contributed by atoms with Gasteiger partial charge in [-0.15, -0.1) is 24.0 Å². The Kier molecular flexibility index (Phi) is 7.30. The molecule has 1 aromatic heterocycles. The number of furan rings is 1. The Morgan fingerprint density at radius 1 is 1.24 bits per heavy atom. The highest BCUT2D eigenvalue weighted by molar-refractivity contribution is 14.0. The van der Waals surface area contributed by atoms with Gasteiger partial charge in [-0.05, 0) is 48.6 Å². The first-order valence-electron chi connectivity index (χ1n) is 8.18. The molecule has 2 aromatic rings. The molecule has 25 heavy (non-hydrogen) atoms. The third kappa shape index (κ3) is 5.77. The summed E-state index contributed by atoms with van der Waals surface area (Å²) >= 11 is 0. The third-order valence-electron chi connectivity index (χ3n) is 4.19. The number of hydrogen-bond donors (Lipinski definition) is 3. The summed E-state index contributed by atoms with van der Waals surface area (Å²) in [6.45, 7) is 1.42. The fourth-order valence-electron chi connectivity index (χ4n) is 2.47. The van der Waals surface area contributed by atoms with Crippen molar-refractivity contribution >= 4 is 41.5 Å². The van der Waals surface area contributed by atoms with Crippen LogP contribution in [0, 0.1) is 5.92 Å². The predicted molar refractivity (Wildman–Crippen MR) is 109 cm³/mol. The van der Waals surface area contributed by atoms with Crippen molar-refractivity contribution in [1.82, 2.24) is 5.32 Å². The fraction of sp³-hybridized carbons (Fsp3) is 0.333. The molecular formula is C18H23IN4O2. The number of carbonyl (C=O) groups excluding carboxylic acids is 1. The minimum atomic E-state index is -0.268. The van der Waals surface area contributed by atoms with Crippen molar-refractivity contribution in [3.63, 3.8) is 0 Å². The van der Waals surface area contributed by atoms with Crippen LogP contribution < -0.4 is 16.4 Å². The molecule has 0 saturated heterocycles. The van der Waals surface area contributed by atoms with E-state index in [1.165, 1.54) is 25.5 Å². The third-order valence-corrected chi connectivity index (χ3v) is 4.19. The maximum Gasteiger partial charge on any atom is 0.291 e. The number of hydrogen-bond acceptors (Lipinski definition) is 3. The number of guanidine groups is 1. The van der Waals surface area contributed by atoms with Crippen LogP contribution in [0.5, 0.6) is 0 Å².